The standard InChI is InChI=1S/C13H7F3INO3/c1-6-11(18(19)20)5-9(15)13(12(6)16)21-7-2-3-8(14)10(17)4-7/h2-5H,1H3. The minimum atomic E-state index is -1.20. The first-order valence-corrected chi connectivity index (χ1v) is 6.65. The SMILES string of the molecule is Cc1c([N+](=O)[O-])cc(F)c(Oc2ccc(F)c(I)c2)c1F. The zero-order valence-electron chi connectivity index (χ0n) is 10.5. The van der Waals surface area contributed by atoms with E-state index in [1.807, 2.05) is 0 Å². The normalized spacial score (nSPS) is 10.5. The Kier molecular flexibility index (Phi) is 4.35. The summed E-state index contributed by atoms with van der Waals surface area (Å²) >= 11 is 1.70. The van der Waals surface area contributed by atoms with Crippen LogP contribution in [0, 0.1) is 38.1 Å². The summed E-state index contributed by atoms with van der Waals surface area (Å²) in [6.07, 6.45) is 0. The maximum atomic E-state index is 14.0. The molecule has 2 rings (SSSR count). The van der Waals surface area contributed by atoms with Crippen LogP contribution in [0.5, 0.6) is 11.5 Å². The molecule has 0 spiro atoms. The van der Waals surface area contributed by atoms with Crippen LogP contribution in [0.4, 0.5) is 18.9 Å². The second-order valence-electron chi connectivity index (χ2n) is 4.08. The first-order chi connectivity index (χ1) is 9.81. The third-order valence-corrected chi connectivity index (χ3v) is 3.53. The van der Waals surface area contributed by atoms with Crippen LogP contribution < -0.4 is 4.74 Å². The summed E-state index contributed by atoms with van der Waals surface area (Å²) in [6.45, 7) is 1.15. The van der Waals surface area contributed by atoms with Crippen molar-refractivity contribution in [3.8, 4) is 11.5 Å². The van der Waals surface area contributed by atoms with Gasteiger partial charge in [0, 0.05) is 0 Å². The summed E-state index contributed by atoms with van der Waals surface area (Å²) in [5, 5.41) is 10.7. The van der Waals surface area contributed by atoms with Gasteiger partial charge in [-0.25, -0.2) is 13.2 Å². The molecule has 8 heteroatoms. The molecular weight excluding hydrogens is 402 g/mol. The molecular formula is C13H7F3INO3. The maximum absolute atomic E-state index is 14.0. The van der Waals surface area contributed by atoms with Gasteiger partial charge in [0.05, 0.1) is 20.1 Å². The smallest absolute Gasteiger partial charge is 0.278 e. The molecule has 4 nitrogen and oxygen atoms in total. The minimum absolute atomic E-state index is 0.0202. The zero-order valence-corrected chi connectivity index (χ0v) is 12.7. The van der Waals surface area contributed by atoms with Gasteiger partial charge in [-0.1, -0.05) is 0 Å². The fraction of sp³-hybridized carbons (Fsp3) is 0.0769. The van der Waals surface area contributed by atoms with Crippen molar-refractivity contribution >= 4 is 28.3 Å². The Morgan fingerprint density at radius 1 is 1.19 bits per heavy atom. The van der Waals surface area contributed by atoms with Crippen LogP contribution in [0.2, 0.25) is 0 Å². The van der Waals surface area contributed by atoms with E-state index >= 15 is 0 Å². The fourth-order valence-corrected chi connectivity index (χ4v) is 2.11. The Balaban J connectivity index is 2.47. The number of nitro groups is 1. The average Bonchev–Trinajstić information content (AvgIpc) is 2.42. The van der Waals surface area contributed by atoms with Gasteiger partial charge in [0.15, 0.2) is 17.4 Å². The molecule has 0 fully saturated rings. The van der Waals surface area contributed by atoms with E-state index in [0.29, 0.717) is 6.07 Å². The van der Waals surface area contributed by atoms with Crippen molar-refractivity contribution in [2.24, 2.45) is 0 Å². The summed E-state index contributed by atoms with van der Waals surface area (Å²) in [6, 6.07) is 4.13. The van der Waals surface area contributed by atoms with Gasteiger partial charge in [0.2, 0.25) is 0 Å². The predicted molar refractivity (Wildman–Crippen MR) is 76.9 cm³/mol. The molecule has 0 saturated carbocycles. The molecule has 0 atom stereocenters. The van der Waals surface area contributed by atoms with Crippen LogP contribution in [0.1, 0.15) is 5.56 Å². The Morgan fingerprint density at radius 2 is 1.86 bits per heavy atom. The molecule has 2 aromatic carbocycles. The highest BCUT2D eigenvalue weighted by atomic mass is 127. The predicted octanol–water partition coefficient (Wildman–Crippen LogP) is 4.72. The summed E-state index contributed by atoms with van der Waals surface area (Å²) in [4.78, 5) is 9.78. The number of hydrogen-bond acceptors (Lipinski definition) is 3. The van der Waals surface area contributed by atoms with E-state index in [2.05, 4.69) is 0 Å². The third kappa shape index (κ3) is 3.09. The molecule has 0 unspecified atom stereocenters. The van der Waals surface area contributed by atoms with Crippen LogP contribution >= 0.6 is 22.6 Å². The number of rotatable bonds is 3. The van der Waals surface area contributed by atoms with Crippen molar-refractivity contribution in [2.75, 3.05) is 0 Å². The summed E-state index contributed by atoms with van der Waals surface area (Å²) in [7, 11) is 0. The van der Waals surface area contributed by atoms with Gasteiger partial charge in [-0.3, -0.25) is 10.1 Å². The number of ether oxygens (including phenoxy) is 1. The lowest BCUT2D eigenvalue weighted by Gasteiger charge is -2.10. The van der Waals surface area contributed by atoms with Gasteiger partial charge in [-0.15, -0.1) is 0 Å². The van der Waals surface area contributed by atoms with Crippen molar-refractivity contribution in [1.82, 2.24) is 0 Å². The number of benzene rings is 2. The molecule has 21 heavy (non-hydrogen) atoms. The van der Waals surface area contributed by atoms with E-state index in [1.54, 1.807) is 22.6 Å². The van der Waals surface area contributed by atoms with Crippen LogP contribution in [-0.2, 0) is 0 Å². The van der Waals surface area contributed by atoms with Crippen LogP contribution in [-0.4, -0.2) is 4.92 Å². The van der Waals surface area contributed by atoms with E-state index in [9.17, 15) is 23.3 Å². The molecule has 0 N–H and O–H groups in total. The summed E-state index contributed by atoms with van der Waals surface area (Å²) in [5.41, 5.74) is -1.01. The minimum Gasteiger partial charge on any atom is -0.451 e. The molecule has 0 heterocycles. The third-order valence-electron chi connectivity index (χ3n) is 2.70. The van der Waals surface area contributed by atoms with Crippen molar-refractivity contribution in [1.29, 1.82) is 0 Å². The molecule has 0 bridgehead atoms. The molecule has 0 saturated heterocycles. The van der Waals surface area contributed by atoms with Crippen molar-refractivity contribution in [3.05, 3.63) is 61.0 Å². The Morgan fingerprint density at radius 3 is 2.43 bits per heavy atom. The van der Waals surface area contributed by atoms with E-state index in [1.165, 1.54) is 12.1 Å². The molecule has 0 aromatic heterocycles. The molecule has 0 aliphatic rings. The number of nitrogens with zero attached hydrogens (tertiary/aromatic N) is 1. The van der Waals surface area contributed by atoms with Gasteiger partial charge in [-0.2, -0.15) is 0 Å². The molecule has 2 aromatic rings. The second kappa shape index (κ2) is 5.88. The van der Waals surface area contributed by atoms with Crippen molar-refractivity contribution in [2.45, 2.75) is 6.92 Å². The topological polar surface area (TPSA) is 52.4 Å². The molecule has 110 valence electrons. The lowest BCUT2D eigenvalue weighted by molar-refractivity contribution is -0.385. The summed E-state index contributed by atoms with van der Waals surface area (Å²) < 4.78 is 46.2. The zero-order chi connectivity index (χ0) is 15.7. The van der Waals surface area contributed by atoms with Gasteiger partial charge >= 0.3 is 0 Å². The molecule has 0 aliphatic carbocycles. The Bertz CT molecular complexity index is 737. The highest BCUT2D eigenvalue weighted by Gasteiger charge is 2.24. The lowest BCUT2D eigenvalue weighted by atomic mass is 10.1. The van der Waals surface area contributed by atoms with E-state index in [-0.39, 0.29) is 14.9 Å². The van der Waals surface area contributed by atoms with Crippen LogP contribution in [0.25, 0.3) is 0 Å². The van der Waals surface area contributed by atoms with Crippen LogP contribution in [0.3, 0.4) is 0 Å². The maximum Gasteiger partial charge on any atom is 0.278 e. The molecule has 0 radical (unpaired) electrons. The second-order valence-corrected chi connectivity index (χ2v) is 5.24. The van der Waals surface area contributed by atoms with Gasteiger partial charge in [0.1, 0.15) is 11.6 Å². The number of halogens is 4. The number of hydrogen-bond donors (Lipinski definition) is 0. The lowest BCUT2D eigenvalue weighted by Crippen LogP contribution is -2.00. The van der Waals surface area contributed by atoms with E-state index < -0.39 is 33.8 Å². The number of nitro benzene ring substituents is 1. The first kappa shape index (κ1) is 15.5. The quantitative estimate of drug-likeness (QED) is 0.419. The summed E-state index contributed by atoms with van der Waals surface area (Å²) in [5.74, 6) is -3.61. The van der Waals surface area contributed by atoms with Crippen LogP contribution in [0.15, 0.2) is 24.3 Å². The Labute approximate surface area is 130 Å². The average molecular weight is 409 g/mol. The van der Waals surface area contributed by atoms with E-state index in [4.69, 9.17) is 4.74 Å². The Hall–Kier alpha value is -1.84. The molecule has 0 aliphatic heterocycles. The van der Waals surface area contributed by atoms with Crippen molar-refractivity contribution < 1.29 is 22.8 Å². The fourth-order valence-electron chi connectivity index (χ4n) is 1.62. The molecule has 0 amide bonds. The first-order valence-electron chi connectivity index (χ1n) is 5.57. The van der Waals surface area contributed by atoms with Gasteiger partial charge in [0.25, 0.3) is 5.69 Å². The van der Waals surface area contributed by atoms with Gasteiger partial charge in [-0.05, 0) is 47.7 Å². The largest absolute Gasteiger partial charge is 0.451 e. The van der Waals surface area contributed by atoms with Gasteiger partial charge < -0.3 is 4.74 Å². The monoisotopic (exact) mass is 409 g/mol. The highest BCUT2D eigenvalue weighted by molar-refractivity contribution is 14.1. The van der Waals surface area contributed by atoms with Crippen molar-refractivity contribution in [3.63, 3.8) is 0 Å². The van der Waals surface area contributed by atoms with E-state index in [0.717, 1.165) is 13.0 Å². The highest BCUT2D eigenvalue weighted by Crippen LogP contribution is 2.34.